The van der Waals surface area contributed by atoms with Gasteiger partial charge in [-0.2, -0.15) is 0 Å². The van der Waals surface area contributed by atoms with E-state index in [9.17, 15) is 14.4 Å². The average Bonchev–Trinajstić information content (AvgIpc) is 2.19. The van der Waals surface area contributed by atoms with Gasteiger partial charge in [-0.15, -0.1) is 0 Å². The fourth-order valence-electron chi connectivity index (χ4n) is 3.17. The molecule has 0 aromatic carbocycles. The summed E-state index contributed by atoms with van der Waals surface area (Å²) in [5.41, 5.74) is -0.869. The Morgan fingerprint density at radius 3 is 2.17 bits per heavy atom. The van der Waals surface area contributed by atoms with Crippen molar-refractivity contribution in [2.75, 3.05) is 6.54 Å². The highest BCUT2D eigenvalue weighted by molar-refractivity contribution is 6.19. The first kappa shape index (κ1) is 11.7. The lowest BCUT2D eigenvalue weighted by atomic mass is 9.65. The van der Waals surface area contributed by atoms with Crippen LogP contribution in [-0.4, -0.2) is 29.3 Å². The van der Waals surface area contributed by atoms with Gasteiger partial charge in [0.25, 0.3) is 0 Å². The van der Waals surface area contributed by atoms with Gasteiger partial charge in [-0.25, -0.2) is 4.79 Å². The Kier molecular flexibility index (Phi) is 2.31. The SMILES string of the molecule is CC1(CN2C(=O)NC(=O)C3(CCC3)C2=O)CCC1. The van der Waals surface area contributed by atoms with Crippen LogP contribution >= 0.6 is 0 Å². The quantitative estimate of drug-likeness (QED) is 0.754. The zero-order chi connectivity index (χ0) is 13.0. The lowest BCUT2D eigenvalue weighted by molar-refractivity contribution is -0.159. The molecule has 5 heteroatoms. The van der Waals surface area contributed by atoms with Gasteiger partial charge in [-0.3, -0.25) is 19.8 Å². The number of imide groups is 2. The Hall–Kier alpha value is -1.39. The number of barbiturate groups is 1. The Morgan fingerprint density at radius 2 is 1.72 bits per heavy atom. The second kappa shape index (κ2) is 3.56. The van der Waals surface area contributed by atoms with E-state index in [0.717, 1.165) is 25.7 Å². The summed E-state index contributed by atoms with van der Waals surface area (Å²) >= 11 is 0. The molecule has 0 bridgehead atoms. The maximum absolute atomic E-state index is 12.4. The van der Waals surface area contributed by atoms with E-state index in [1.165, 1.54) is 4.90 Å². The van der Waals surface area contributed by atoms with Gasteiger partial charge in [-0.05, 0) is 31.1 Å². The van der Waals surface area contributed by atoms with Crippen LogP contribution in [0.25, 0.3) is 0 Å². The molecule has 98 valence electrons. The van der Waals surface area contributed by atoms with Gasteiger partial charge in [0.1, 0.15) is 5.41 Å². The third-order valence-electron chi connectivity index (χ3n) is 4.86. The third-order valence-corrected chi connectivity index (χ3v) is 4.86. The summed E-state index contributed by atoms with van der Waals surface area (Å²) in [6, 6.07) is -0.532. The molecule has 18 heavy (non-hydrogen) atoms. The van der Waals surface area contributed by atoms with Crippen molar-refractivity contribution in [1.29, 1.82) is 0 Å². The van der Waals surface area contributed by atoms with Gasteiger partial charge in [0, 0.05) is 6.54 Å². The Morgan fingerprint density at radius 1 is 1.11 bits per heavy atom. The number of nitrogens with zero attached hydrogens (tertiary/aromatic N) is 1. The first-order valence-electron chi connectivity index (χ1n) is 6.64. The molecule has 0 radical (unpaired) electrons. The molecule has 1 spiro atoms. The maximum Gasteiger partial charge on any atom is 0.330 e. The maximum atomic E-state index is 12.4. The van der Waals surface area contributed by atoms with Crippen molar-refractivity contribution in [3.8, 4) is 0 Å². The van der Waals surface area contributed by atoms with Gasteiger partial charge in [-0.1, -0.05) is 19.8 Å². The highest BCUT2D eigenvalue weighted by Crippen LogP contribution is 2.46. The van der Waals surface area contributed by atoms with Crippen LogP contribution in [-0.2, 0) is 9.59 Å². The van der Waals surface area contributed by atoms with E-state index in [1.54, 1.807) is 0 Å². The molecule has 0 aromatic heterocycles. The molecular weight excluding hydrogens is 232 g/mol. The standard InChI is InChI=1S/C13H18N2O3/c1-12(4-2-5-12)8-15-10(17)13(6-3-7-13)9(16)14-11(15)18/h2-8H2,1H3,(H,14,16,18). The molecular formula is C13H18N2O3. The summed E-state index contributed by atoms with van der Waals surface area (Å²) in [6.45, 7) is 2.55. The van der Waals surface area contributed by atoms with Gasteiger partial charge >= 0.3 is 6.03 Å². The molecule has 0 aromatic rings. The lowest BCUT2D eigenvalue weighted by Gasteiger charge is -2.48. The van der Waals surface area contributed by atoms with Gasteiger partial charge in [0.05, 0.1) is 0 Å². The molecule has 3 rings (SSSR count). The number of nitrogens with one attached hydrogen (secondary N) is 1. The van der Waals surface area contributed by atoms with Gasteiger partial charge < -0.3 is 0 Å². The number of amides is 4. The topological polar surface area (TPSA) is 66.5 Å². The van der Waals surface area contributed by atoms with E-state index in [2.05, 4.69) is 12.2 Å². The number of carbonyl (C=O) groups excluding carboxylic acids is 3. The van der Waals surface area contributed by atoms with E-state index < -0.39 is 17.4 Å². The fourth-order valence-corrected chi connectivity index (χ4v) is 3.17. The normalized spacial score (nSPS) is 28.7. The van der Waals surface area contributed by atoms with Crippen LogP contribution in [0.5, 0.6) is 0 Å². The Bertz CT molecular complexity index is 436. The molecule has 2 aliphatic carbocycles. The molecule has 0 unspecified atom stereocenters. The van der Waals surface area contributed by atoms with Crippen molar-refractivity contribution in [2.24, 2.45) is 10.8 Å². The largest absolute Gasteiger partial charge is 0.330 e. The number of carbonyl (C=O) groups is 3. The van der Waals surface area contributed by atoms with Crippen LogP contribution in [0.3, 0.4) is 0 Å². The van der Waals surface area contributed by atoms with Crippen LogP contribution in [0.1, 0.15) is 45.4 Å². The van der Waals surface area contributed by atoms with Gasteiger partial charge in [0.15, 0.2) is 0 Å². The second-order valence-corrected chi connectivity index (χ2v) is 6.25. The average molecular weight is 250 g/mol. The molecule has 2 saturated carbocycles. The minimum Gasteiger partial charge on any atom is -0.277 e. The molecule has 0 atom stereocenters. The van der Waals surface area contributed by atoms with E-state index in [1.807, 2.05) is 0 Å². The summed E-state index contributed by atoms with van der Waals surface area (Å²) in [5, 5.41) is 2.35. The molecule has 5 nitrogen and oxygen atoms in total. The van der Waals surface area contributed by atoms with E-state index in [0.29, 0.717) is 19.4 Å². The van der Waals surface area contributed by atoms with E-state index >= 15 is 0 Å². The molecule has 1 N–H and O–H groups in total. The summed E-state index contributed by atoms with van der Waals surface area (Å²) in [7, 11) is 0. The highest BCUT2D eigenvalue weighted by atomic mass is 16.2. The molecule has 3 aliphatic rings. The van der Waals surface area contributed by atoms with Crippen molar-refractivity contribution in [1.82, 2.24) is 10.2 Å². The highest BCUT2D eigenvalue weighted by Gasteiger charge is 2.58. The molecule has 1 saturated heterocycles. The van der Waals surface area contributed by atoms with Crippen molar-refractivity contribution >= 4 is 17.8 Å². The lowest BCUT2D eigenvalue weighted by Crippen LogP contribution is -2.67. The van der Waals surface area contributed by atoms with Crippen LogP contribution < -0.4 is 5.32 Å². The van der Waals surface area contributed by atoms with Crippen molar-refractivity contribution in [3.63, 3.8) is 0 Å². The monoisotopic (exact) mass is 250 g/mol. The second-order valence-electron chi connectivity index (χ2n) is 6.25. The van der Waals surface area contributed by atoms with Crippen LogP contribution in [0.15, 0.2) is 0 Å². The van der Waals surface area contributed by atoms with Crippen molar-refractivity contribution in [3.05, 3.63) is 0 Å². The Labute approximate surface area is 106 Å². The zero-order valence-electron chi connectivity index (χ0n) is 10.6. The van der Waals surface area contributed by atoms with E-state index in [4.69, 9.17) is 0 Å². The summed E-state index contributed by atoms with van der Waals surface area (Å²) < 4.78 is 0. The predicted molar refractivity (Wildman–Crippen MR) is 63.5 cm³/mol. The summed E-state index contributed by atoms with van der Waals surface area (Å²) in [4.78, 5) is 37.4. The smallest absolute Gasteiger partial charge is 0.277 e. The minimum absolute atomic E-state index is 0.0539. The van der Waals surface area contributed by atoms with Crippen LogP contribution in [0, 0.1) is 10.8 Å². The minimum atomic E-state index is -0.923. The van der Waals surface area contributed by atoms with Gasteiger partial charge in [0.2, 0.25) is 11.8 Å². The van der Waals surface area contributed by atoms with E-state index in [-0.39, 0.29) is 11.3 Å². The summed E-state index contributed by atoms with van der Waals surface area (Å²) in [5.74, 6) is -0.658. The van der Waals surface area contributed by atoms with Crippen LogP contribution in [0.4, 0.5) is 4.79 Å². The molecule has 4 amide bonds. The first-order chi connectivity index (χ1) is 8.47. The number of urea groups is 1. The summed E-state index contributed by atoms with van der Waals surface area (Å²) in [6.07, 6.45) is 5.30. The Balaban J connectivity index is 1.82. The molecule has 1 aliphatic heterocycles. The molecule has 1 heterocycles. The third kappa shape index (κ3) is 1.42. The molecule has 3 fully saturated rings. The fraction of sp³-hybridized carbons (Fsp3) is 0.769. The predicted octanol–water partition coefficient (Wildman–Crippen LogP) is 1.43. The van der Waals surface area contributed by atoms with Crippen molar-refractivity contribution < 1.29 is 14.4 Å². The van der Waals surface area contributed by atoms with Crippen LogP contribution in [0.2, 0.25) is 0 Å². The number of rotatable bonds is 2. The number of hydrogen-bond acceptors (Lipinski definition) is 3. The first-order valence-corrected chi connectivity index (χ1v) is 6.64. The number of hydrogen-bond donors (Lipinski definition) is 1. The zero-order valence-corrected chi connectivity index (χ0v) is 10.6. The van der Waals surface area contributed by atoms with Crippen molar-refractivity contribution in [2.45, 2.75) is 45.4 Å².